The smallest absolute Gasteiger partial charge is 0.243 e. The lowest BCUT2D eigenvalue weighted by atomic mass is 10.2. The summed E-state index contributed by atoms with van der Waals surface area (Å²) in [5.41, 5.74) is 0.998. The molecule has 0 saturated carbocycles. The van der Waals surface area contributed by atoms with E-state index in [0.29, 0.717) is 11.6 Å². The fraction of sp³-hybridized carbons (Fsp3) is 0.316. The third-order valence-electron chi connectivity index (χ3n) is 4.02. The van der Waals surface area contributed by atoms with Crippen LogP contribution in [-0.4, -0.2) is 43.2 Å². The van der Waals surface area contributed by atoms with Gasteiger partial charge in [0.05, 0.1) is 11.4 Å². The van der Waals surface area contributed by atoms with Gasteiger partial charge in [-0.2, -0.15) is 4.31 Å². The van der Waals surface area contributed by atoms with Gasteiger partial charge in [-0.25, -0.2) is 8.42 Å². The van der Waals surface area contributed by atoms with Gasteiger partial charge in [0.2, 0.25) is 15.9 Å². The predicted octanol–water partition coefficient (Wildman–Crippen LogP) is 3.40. The van der Waals surface area contributed by atoms with E-state index >= 15 is 0 Å². The summed E-state index contributed by atoms with van der Waals surface area (Å²) in [6.07, 6.45) is 0. The number of likely N-dealkylation sites (N-methyl/N-ethyl adjacent to an activating group) is 1. The Hall–Kier alpha value is -1.89. The van der Waals surface area contributed by atoms with E-state index in [1.807, 2.05) is 44.2 Å². The van der Waals surface area contributed by atoms with Crippen molar-refractivity contribution >= 4 is 27.5 Å². The summed E-state index contributed by atoms with van der Waals surface area (Å²) in [6, 6.07) is 15.5. The van der Waals surface area contributed by atoms with Crippen molar-refractivity contribution in [3.63, 3.8) is 0 Å². The zero-order valence-electron chi connectivity index (χ0n) is 15.1. The standard InChI is InChI=1S/C19H23ClN2O3S/c1-15(2)22(13-16-7-5-4-6-8-16)19(23)14-21(3)26(24,25)18-11-9-17(20)10-12-18/h4-12,15H,13-14H2,1-3H3. The summed E-state index contributed by atoms with van der Waals surface area (Å²) in [6.45, 7) is 4.03. The molecule has 0 N–H and O–H groups in total. The molecule has 1 amide bonds. The first kappa shape index (κ1) is 20.4. The van der Waals surface area contributed by atoms with Crippen LogP contribution in [0.4, 0.5) is 0 Å². The molecule has 0 aliphatic rings. The molecule has 2 aromatic carbocycles. The highest BCUT2D eigenvalue weighted by molar-refractivity contribution is 7.89. The van der Waals surface area contributed by atoms with Crippen LogP contribution in [0.25, 0.3) is 0 Å². The SMILES string of the molecule is CC(C)N(Cc1ccccc1)C(=O)CN(C)S(=O)(=O)c1ccc(Cl)cc1. The monoisotopic (exact) mass is 394 g/mol. The Morgan fingerprint density at radius 2 is 1.62 bits per heavy atom. The lowest BCUT2D eigenvalue weighted by Crippen LogP contribution is -2.43. The second-order valence-corrected chi connectivity index (χ2v) is 8.80. The van der Waals surface area contributed by atoms with Gasteiger partial charge in [-0.15, -0.1) is 0 Å². The van der Waals surface area contributed by atoms with Gasteiger partial charge >= 0.3 is 0 Å². The molecule has 0 fully saturated rings. The molecule has 0 spiro atoms. The summed E-state index contributed by atoms with van der Waals surface area (Å²) < 4.78 is 26.4. The van der Waals surface area contributed by atoms with Crippen LogP contribution < -0.4 is 0 Å². The molecule has 0 unspecified atom stereocenters. The molecule has 26 heavy (non-hydrogen) atoms. The number of amides is 1. The van der Waals surface area contributed by atoms with Gasteiger partial charge in [-0.05, 0) is 43.7 Å². The van der Waals surface area contributed by atoms with E-state index in [9.17, 15) is 13.2 Å². The van der Waals surface area contributed by atoms with Crippen LogP contribution in [0.5, 0.6) is 0 Å². The lowest BCUT2D eigenvalue weighted by molar-refractivity contribution is -0.133. The van der Waals surface area contributed by atoms with Gasteiger partial charge in [0.25, 0.3) is 0 Å². The Balaban J connectivity index is 2.13. The Morgan fingerprint density at radius 3 is 2.15 bits per heavy atom. The Kier molecular flexibility index (Phi) is 6.81. The zero-order chi connectivity index (χ0) is 19.3. The number of carbonyl (C=O) groups excluding carboxylic acids is 1. The van der Waals surface area contributed by atoms with E-state index in [1.165, 1.54) is 31.3 Å². The molecule has 0 aliphatic carbocycles. The van der Waals surface area contributed by atoms with Crippen molar-refractivity contribution in [1.29, 1.82) is 0 Å². The minimum Gasteiger partial charge on any atom is -0.335 e. The van der Waals surface area contributed by atoms with Crippen LogP contribution >= 0.6 is 11.6 Å². The maximum absolute atomic E-state index is 12.7. The van der Waals surface area contributed by atoms with E-state index in [1.54, 1.807) is 4.90 Å². The van der Waals surface area contributed by atoms with Gasteiger partial charge < -0.3 is 4.90 Å². The van der Waals surface area contributed by atoms with E-state index < -0.39 is 10.0 Å². The van der Waals surface area contributed by atoms with Crippen molar-refractivity contribution in [2.45, 2.75) is 31.3 Å². The van der Waals surface area contributed by atoms with Gasteiger partial charge in [-0.3, -0.25) is 4.79 Å². The third-order valence-corrected chi connectivity index (χ3v) is 6.09. The molecule has 0 bridgehead atoms. The molecular weight excluding hydrogens is 372 g/mol. The molecule has 0 saturated heterocycles. The average Bonchev–Trinajstić information content (AvgIpc) is 2.60. The van der Waals surface area contributed by atoms with Gasteiger partial charge in [0, 0.05) is 24.7 Å². The van der Waals surface area contributed by atoms with Gasteiger partial charge in [0.1, 0.15) is 0 Å². The Bertz CT molecular complexity index is 837. The number of nitrogens with zero attached hydrogens (tertiary/aromatic N) is 2. The molecular formula is C19H23ClN2O3S. The fourth-order valence-corrected chi connectivity index (χ4v) is 3.74. The predicted molar refractivity (Wildman–Crippen MR) is 103 cm³/mol. The zero-order valence-corrected chi connectivity index (χ0v) is 16.7. The minimum atomic E-state index is -3.76. The Morgan fingerprint density at radius 1 is 1.04 bits per heavy atom. The number of hydrogen-bond acceptors (Lipinski definition) is 3. The van der Waals surface area contributed by atoms with Crippen LogP contribution in [0.1, 0.15) is 19.4 Å². The highest BCUT2D eigenvalue weighted by atomic mass is 35.5. The molecule has 0 atom stereocenters. The lowest BCUT2D eigenvalue weighted by Gasteiger charge is -2.29. The van der Waals surface area contributed by atoms with Crippen molar-refractivity contribution in [2.75, 3.05) is 13.6 Å². The average molecular weight is 395 g/mol. The van der Waals surface area contributed by atoms with E-state index in [0.717, 1.165) is 9.87 Å². The second-order valence-electron chi connectivity index (χ2n) is 6.32. The number of hydrogen-bond donors (Lipinski definition) is 0. The number of halogens is 1. The van der Waals surface area contributed by atoms with Gasteiger partial charge in [0.15, 0.2) is 0 Å². The number of carbonyl (C=O) groups is 1. The molecule has 2 aromatic rings. The maximum atomic E-state index is 12.7. The van der Waals surface area contributed by atoms with Crippen LogP contribution in [0, 0.1) is 0 Å². The summed E-state index contributed by atoms with van der Waals surface area (Å²) in [4.78, 5) is 14.5. The molecule has 0 heterocycles. The summed E-state index contributed by atoms with van der Waals surface area (Å²) >= 11 is 5.81. The molecule has 0 aliphatic heterocycles. The van der Waals surface area contributed by atoms with Crippen LogP contribution in [0.3, 0.4) is 0 Å². The largest absolute Gasteiger partial charge is 0.335 e. The summed E-state index contributed by atoms with van der Waals surface area (Å²) in [5.74, 6) is -0.246. The molecule has 140 valence electrons. The van der Waals surface area contributed by atoms with Crippen molar-refractivity contribution in [1.82, 2.24) is 9.21 Å². The van der Waals surface area contributed by atoms with Crippen LogP contribution in [-0.2, 0) is 21.4 Å². The van der Waals surface area contributed by atoms with E-state index in [4.69, 9.17) is 11.6 Å². The first-order valence-corrected chi connectivity index (χ1v) is 10.1. The number of rotatable bonds is 7. The first-order chi connectivity index (χ1) is 12.2. The summed E-state index contributed by atoms with van der Waals surface area (Å²) in [5, 5.41) is 0.455. The highest BCUT2D eigenvalue weighted by Crippen LogP contribution is 2.18. The number of benzene rings is 2. The van der Waals surface area contributed by atoms with Crippen LogP contribution in [0.2, 0.25) is 5.02 Å². The topological polar surface area (TPSA) is 57.7 Å². The third kappa shape index (κ3) is 5.06. The minimum absolute atomic E-state index is 0.0469. The molecule has 2 rings (SSSR count). The second kappa shape index (κ2) is 8.66. The van der Waals surface area contributed by atoms with Gasteiger partial charge in [-0.1, -0.05) is 41.9 Å². The van der Waals surface area contributed by atoms with Crippen molar-refractivity contribution in [3.05, 3.63) is 65.2 Å². The van der Waals surface area contributed by atoms with Crippen molar-refractivity contribution < 1.29 is 13.2 Å². The molecule has 5 nitrogen and oxygen atoms in total. The molecule has 0 radical (unpaired) electrons. The molecule has 0 aromatic heterocycles. The summed E-state index contributed by atoms with van der Waals surface area (Å²) in [7, 11) is -2.35. The van der Waals surface area contributed by atoms with Crippen molar-refractivity contribution in [3.8, 4) is 0 Å². The molecule has 7 heteroatoms. The highest BCUT2D eigenvalue weighted by Gasteiger charge is 2.26. The quantitative estimate of drug-likeness (QED) is 0.723. The first-order valence-electron chi connectivity index (χ1n) is 8.27. The van der Waals surface area contributed by atoms with E-state index in [2.05, 4.69) is 0 Å². The van der Waals surface area contributed by atoms with Crippen LogP contribution in [0.15, 0.2) is 59.5 Å². The number of sulfonamides is 1. The normalized spacial score (nSPS) is 11.8. The van der Waals surface area contributed by atoms with Crippen molar-refractivity contribution in [2.24, 2.45) is 0 Å². The maximum Gasteiger partial charge on any atom is 0.243 e. The van der Waals surface area contributed by atoms with E-state index in [-0.39, 0.29) is 23.4 Å². The fourth-order valence-electron chi connectivity index (χ4n) is 2.49. The Labute approximate surface area is 160 Å².